The van der Waals surface area contributed by atoms with Gasteiger partial charge in [0.25, 0.3) is 0 Å². The van der Waals surface area contributed by atoms with E-state index in [1.54, 1.807) is 0 Å². The number of nitrogens with one attached hydrogen (secondary N) is 1. The lowest BCUT2D eigenvalue weighted by molar-refractivity contribution is 0.0796. The van der Waals surface area contributed by atoms with Crippen LogP contribution < -0.4 is 5.32 Å². The van der Waals surface area contributed by atoms with Gasteiger partial charge < -0.3 is 10.2 Å². The Labute approximate surface area is 133 Å². The van der Waals surface area contributed by atoms with E-state index < -0.39 is 0 Å². The van der Waals surface area contributed by atoms with Crippen LogP contribution in [0.5, 0.6) is 0 Å². The Bertz CT molecular complexity index is 294. The summed E-state index contributed by atoms with van der Waals surface area (Å²) in [6, 6.07) is 0.654. The van der Waals surface area contributed by atoms with Crippen LogP contribution in [-0.4, -0.2) is 37.1 Å². The highest BCUT2D eigenvalue weighted by Gasteiger charge is 2.31. The predicted molar refractivity (Wildman–Crippen MR) is 92.7 cm³/mol. The van der Waals surface area contributed by atoms with E-state index in [4.69, 9.17) is 0 Å². The minimum atomic E-state index is 0.373. The van der Waals surface area contributed by atoms with Crippen LogP contribution in [0.3, 0.4) is 0 Å². The van der Waals surface area contributed by atoms with Gasteiger partial charge >= 0.3 is 0 Å². The van der Waals surface area contributed by atoms with Crippen molar-refractivity contribution in [3.8, 4) is 0 Å². The molecule has 0 amide bonds. The van der Waals surface area contributed by atoms with Crippen molar-refractivity contribution >= 4 is 0 Å². The fourth-order valence-electron chi connectivity index (χ4n) is 4.35. The molecule has 1 N–H and O–H groups in total. The zero-order valence-corrected chi connectivity index (χ0v) is 15.0. The topological polar surface area (TPSA) is 15.3 Å². The van der Waals surface area contributed by atoms with Gasteiger partial charge in [-0.05, 0) is 62.6 Å². The van der Waals surface area contributed by atoms with E-state index in [1.165, 1.54) is 64.6 Å². The number of nitrogens with zero attached hydrogens (tertiary/aromatic N) is 1. The van der Waals surface area contributed by atoms with Crippen molar-refractivity contribution in [1.29, 1.82) is 0 Å². The number of fused-ring (bicyclic) bond motifs is 1. The molecule has 0 aromatic carbocycles. The molecule has 0 radical (unpaired) electrons. The fourth-order valence-corrected chi connectivity index (χ4v) is 4.35. The molecule has 124 valence electrons. The zero-order chi connectivity index (χ0) is 15.3. The van der Waals surface area contributed by atoms with Crippen molar-refractivity contribution in [2.75, 3.05) is 26.2 Å². The van der Waals surface area contributed by atoms with Gasteiger partial charge in [0.1, 0.15) is 0 Å². The highest BCUT2D eigenvalue weighted by Crippen LogP contribution is 2.36. The molecule has 2 fully saturated rings. The van der Waals surface area contributed by atoms with Gasteiger partial charge in [-0.3, -0.25) is 0 Å². The molecule has 2 aliphatic rings. The van der Waals surface area contributed by atoms with Gasteiger partial charge in [-0.25, -0.2) is 0 Å². The first kappa shape index (κ1) is 17.3. The lowest BCUT2D eigenvalue weighted by Crippen LogP contribution is -2.46. The molecule has 2 nitrogen and oxygen atoms in total. The van der Waals surface area contributed by atoms with Crippen LogP contribution in [0.2, 0.25) is 0 Å². The fraction of sp³-hybridized carbons (Fsp3) is 1.00. The maximum absolute atomic E-state index is 3.78. The lowest BCUT2D eigenvalue weighted by Gasteiger charge is -2.42. The third kappa shape index (κ3) is 5.25. The average molecular weight is 295 g/mol. The van der Waals surface area contributed by atoms with E-state index in [0.717, 1.165) is 18.4 Å². The Morgan fingerprint density at radius 2 is 1.81 bits per heavy atom. The molecule has 21 heavy (non-hydrogen) atoms. The minimum Gasteiger partial charge on any atom is -0.313 e. The summed E-state index contributed by atoms with van der Waals surface area (Å²) in [7, 11) is 0. The molecule has 0 aromatic rings. The predicted octanol–water partition coefficient (Wildman–Crippen LogP) is 4.30. The van der Waals surface area contributed by atoms with Crippen LogP contribution >= 0.6 is 0 Å². The Hall–Kier alpha value is -0.0800. The van der Waals surface area contributed by atoms with E-state index in [0.29, 0.717) is 11.5 Å². The SMILES string of the molecule is CCCNC(CCN1CCC2CCCCC2C1)C(C)(C)C. The summed E-state index contributed by atoms with van der Waals surface area (Å²) < 4.78 is 0. The molecule has 3 atom stereocenters. The van der Waals surface area contributed by atoms with E-state index in [9.17, 15) is 0 Å². The summed E-state index contributed by atoms with van der Waals surface area (Å²) in [6.07, 6.45) is 10.00. The van der Waals surface area contributed by atoms with Crippen molar-refractivity contribution in [3.63, 3.8) is 0 Å². The summed E-state index contributed by atoms with van der Waals surface area (Å²) in [6.45, 7) is 14.6. The highest BCUT2D eigenvalue weighted by atomic mass is 15.1. The molecule has 1 aliphatic heterocycles. The van der Waals surface area contributed by atoms with E-state index in [-0.39, 0.29) is 0 Å². The zero-order valence-electron chi connectivity index (χ0n) is 15.0. The average Bonchev–Trinajstić information content (AvgIpc) is 2.45. The molecule has 0 bridgehead atoms. The van der Waals surface area contributed by atoms with E-state index in [1.807, 2.05) is 0 Å². The number of hydrogen-bond donors (Lipinski definition) is 1. The second kappa shape index (κ2) is 7.97. The van der Waals surface area contributed by atoms with Crippen molar-refractivity contribution in [2.24, 2.45) is 17.3 Å². The van der Waals surface area contributed by atoms with Gasteiger partial charge in [0.2, 0.25) is 0 Å². The van der Waals surface area contributed by atoms with Gasteiger partial charge in [-0.1, -0.05) is 47.0 Å². The third-order valence-electron chi connectivity index (χ3n) is 5.80. The summed E-state index contributed by atoms with van der Waals surface area (Å²) in [4.78, 5) is 2.76. The van der Waals surface area contributed by atoms with Crippen LogP contribution in [0, 0.1) is 17.3 Å². The molecule has 2 rings (SSSR count). The largest absolute Gasteiger partial charge is 0.313 e. The van der Waals surface area contributed by atoms with Crippen LogP contribution in [-0.2, 0) is 0 Å². The maximum Gasteiger partial charge on any atom is 0.0128 e. The van der Waals surface area contributed by atoms with Crippen LogP contribution in [0.1, 0.15) is 72.6 Å². The van der Waals surface area contributed by atoms with Crippen molar-refractivity contribution < 1.29 is 0 Å². The minimum absolute atomic E-state index is 0.373. The highest BCUT2D eigenvalue weighted by molar-refractivity contribution is 4.86. The maximum atomic E-state index is 3.78. The van der Waals surface area contributed by atoms with Crippen LogP contribution in [0.4, 0.5) is 0 Å². The van der Waals surface area contributed by atoms with Gasteiger partial charge in [0.05, 0.1) is 0 Å². The Morgan fingerprint density at radius 3 is 2.48 bits per heavy atom. The second-order valence-electron chi connectivity index (χ2n) is 8.56. The van der Waals surface area contributed by atoms with Crippen molar-refractivity contribution in [3.05, 3.63) is 0 Å². The second-order valence-corrected chi connectivity index (χ2v) is 8.56. The van der Waals surface area contributed by atoms with E-state index in [2.05, 4.69) is 37.9 Å². The van der Waals surface area contributed by atoms with Gasteiger partial charge in [0, 0.05) is 12.6 Å². The van der Waals surface area contributed by atoms with Gasteiger partial charge in [-0.15, -0.1) is 0 Å². The molecular formula is C19H38N2. The van der Waals surface area contributed by atoms with Crippen LogP contribution in [0.25, 0.3) is 0 Å². The number of piperidine rings is 1. The summed E-state index contributed by atoms with van der Waals surface area (Å²) in [5.41, 5.74) is 0.373. The molecule has 2 heteroatoms. The first-order valence-corrected chi connectivity index (χ1v) is 9.46. The van der Waals surface area contributed by atoms with Crippen LogP contribution in [0.15, 0.2) is 0 Å². The summed E-state index contributed by atoms with van der Waals surface area (Å²) >= 11 is 0. The number of rotatable bonds is 6. The standard InChI is InChI=1S/C19H38N2/c1-5-12-20-18(19(2,3)4)11-14-21-13-10-16-8-6-7-9-17(16)15-21/h16-18,20H,5-15H2,1-4H3. The molecule has 1 heterocycles. The first-order valence-electron chi connectivity index (χ1n) is 9.46. The normalized spacial score (nSPS) is 29.1. The third-order valence-corrected chi connectivity index (χ3v) is 5.80. The molecule has 1 saturated carbocycles. The molecule has 1 aliphatic carbocycles. The Balaban J connectivity index is 1.78. The molecule has 0 spiro atoms. The van der Waals surface area contributed by atoms with E-state index >= 15 is 0 Å². The first-order chi connectivity index (χ1) is 10.0. The van der Waals surface area contributed by atoms with Crippen molar-refractivity contribution in [1.82, 2.24) is 10.2 Å². The molecule has 3 unspecified atom stereocenters. The smallest absolute Gasteiger partial charge is 0.0128 e. The van der Waals surface area contributed by atoms with Crippen molar-refractivity contribution in [2.45, 2.75) is 78.7 Å². The molecule has 0 aromatic heterocycles. The quantitative estimate of drug-likeness (QED) is 0.785. The summed E-state index contributed by atoms with van der Waals surface area (Å²) in [5, 5.41) is 3.78. The lowest BCUT2D eigenvalue weighted by atomic mass is 9.75. The van der Waals surface area contributed by atoms with Gasteiger partial charge in [-0.2, -0.15) is 0 Å². The summed E-state index contributed by atoms with van der Waals surface area (Å²) in [5.74, 6) is 2.08. The Morgan fingerprint density at radius 1 is 1.10 bits per heavy atom. The molecule has 1 saturated heterocycles. The number of hydrogen-bond acceptors (Lipinski definition) is 2. The number of likely N-dealkylation sites (tertiary alicyclic amines) is 1. The molecular weight excluding hydrogens is 256 g/mol. The van der Waals surface area contributed by atoms with Gasteiger partial charge in [0.15, 0.2) is 0 Å². The Kier molecular flexibility index (Phi) is 6.55. The monoisotopic (exact) mass is 294 g/mol.